The molecule has 1 aromatic carbocycles. The Morgan fingerprint density at radius 1 is 1.27 bits per heavy atom. The Balaban J connectivity index is 2.09. The summed E-state index contributed by atoms with van der Waals surface area (Å²) in [5.74, 6) is 0.939. The SMILES string of the molecule is CC[C@]1(Cc2ccccc2)CCC(C)C1. The molecule has 1 aromatic rings. The fourth-order valence-corrected chi connectivity index (χ4v) is 3.13. The van der Waals surface area contributed by atoms with Gasteiger partial charge >= 0.3 is 0 Å². The molecular weight excluding hydrogens is 180 g/mol. The number of hydrogen-bond donors (Lipinski definition) is 0. The summed E-state index contributed by atoms with van der Waals surface area (Å²) in [5, 5.41) is 0. The molecule has 0 heterocycles. The van der Waals surface area contributed by atoms with Gasteiger partial charge in [-0.25, -0.2) is 0 Å². The van der Waals surface area contributed by atoms with E-state index in [1.807, 2.05) is 0 Å². The van der Waals surface area contributed by atoms with Crippen LogP contribution in [0.4, 0.5) is 0 Å². The molecule has 1 saturated carbocycles. The summed E-state index contributed by atoms with van der Waals surface area (Å²) in [7, 11) is 0. The lowest BCUT2D eigenvalue weighted by Gasteiger charge is -2.28. The van der Waals surface area contributed by atoms with E-state index in [1.54, 1.807) is 0 Å². The molecule has 0 aliphatic heterocycles. The molecule has 0 radical (unpaired) electrons. The molecule has 1 unspecified atom stereocenters. The third kappa shape index (κ3) is 2.42. The highest BCUT2D eigenvalue weighted by molar-refractivity contribution is 5.17. The molecule has 0 spiro atoms. The lowest BCUT2D eigenvalue weighted by Crippen LogP contribution is -2.19. The Labute approximate surface area is 93.7 Å². The van der Waals surface area contributed by atoms with E-state index in [0.29, 0.717) is 5.41 Å². The topological polar surface area (TPSA) is 0 Å². The first-order valence-corrected chi connectivity index (χ1v) is 6.28. The van der Waals surface area contributed by atoms with E-state index in [0.717, 1.165) is 5.92 Å². The minimum absolute atomic E-state index is 0.612. The van der Waals surface area contributed by atoms with Crippen molar-refractivity contribution in [1.29, 1.82) is 0 Å². The van der Waals surface area contributed by atoms with Crippen LogP contribution in [0.5, 0.6) is 0 Å². The zero-order chi connectivity index (χ0) is 10.7. The molecule has 2 rings (SSSR count). The van der Waals surface area contributed by atoms with E-state index in [4.69, 9.17) is 0 Å². The molecule has 82 valence electrons. The van der Waals surface area contributed by atoms with Crippen molar-refractivity contribution in [2.24, 2.45) is 11.3 Å². The van der Waals surface area contributed by atoms with E-state index < -0.39 is 0 Å². The van der Waals surface area contributed by atoms with Gasteiger partial charge in [-0.3, -0.25) is 0 Å². The van der Waals surface area contributed by atoms with Crippen molar-refractivity contribution in [3.8, 4) is 0 Å². The number of hydrogen-bond acceptors (Lipinski definition) is 0. The zero-order valence-corrected chi connectivity index (χ0v) is 10.00. The van der Waals surface area contributed by atoms with E-state index in [-0.39, 0.29) is 0 Å². The van der Waals surface area contributed by atoms with Crippen LogP contribution >= 0.6 is 0 Å². The van der Waals surface area contributed by atoms with Crippen LogP contribution in [0, 0.1) is 11.3 Å². The second-order valence-corrected chi connectivity index (χ2v) is 5.36. The first-order valence-electron chi connectivity index (χ1n) is 6.28. The smallest absolute Gasteiger partial charge is 0.0222 e. The lowest BCUT2D eigenvalue weighted by molar-refractivity contribution is 0.272. The van der Waals surface area contributed by atoms with Gasteiger partial charge in [0.1, 0.15) is 0 Å². The Hall–Kier alpha value is -0.780. The third-order valence-electron chi connectivity index (χ3n) is 4.12. The summed E-state index contributed by atoms with van der Waals surface area (Å²) in [4.78, 5) is 0. The predicted octanol–water partition coefficient (Wildman–Crippen LogP) is 4.45. The standard InChI is InChI=1S/C15H22/c1-3-15(10-9-13(2)11-15)12-14-7-5-4-6-8-14/h4-8,13H,3,9-12H2,1-2H3/t13?,15-/m0/s1. The van der Waals surface area contributed by atoms with Gasteiger partial charge in [0.15, 0.2) is 0 Å². The van der Waals surface area contributed by atoms with Gasteiger partial charge in [0, 0.05) is 0 Å². The van der Waals surface area contributed by atoms with Crippen LogP contribution in [-0.4, -0.2) is 0 Å². The van der Waals surface area contributed by atoms with Gasteiger partial charge in [-0.15, -0.1) is 0 Å². The molecule has 0 aromatic heterocycles. The van der Waals surface area contributed by atoms with Gasteiger partial charge < -0.3 is 0 Å². The maximum Gasteiger partial charge on any atom is -0.0222 e. The average molecular weight is 202 g/mol. The predicted molar refractivity (Wildman–Crippen MR) is 65.9 cm³/mol. The van der Waals surface area contributed by atoms with E-state index in [2.05, 4.69) is 44.2 Å². The van der Waals surface area contributed by atoms with Crippen LogP contribution in [0.3, 0.4) is 0 Å². The maximum atomic E-state index is 2.41. The van der Waals surface area contributed by atoms with Crippen LogP contribution in [0.25, 0.3) is 0 Å². The van der Waals surface area contributed by atoms with Crippen molar-refractivity contribution in [2.45, 2.75) is 46.0 Å². The summed E-state index contributed by atoms with van der Waals surface area (Å²) in [6.45, 7) is 4.77. The molecule has 0 heteroatoms. The molecule has 1 fully saturated rings. The third-order valence-corrected chi connectivity index (χ3v) is 4.12. The summed E-state index contributed by atoms with van der Waals surface area (Å²) in [6, 6.07) is 11.0. The van der Waals surface area contributed by atoms with Crippen LogP contribution < -0.4 is 0 Å². The van der Waals surface area contributed by atoms with Gasteiger partial charge in [0.05, 0.1) is 0 Å². The lowest BCUT2D eigenvalue weighted by atomic mass is 9.77. The van der Waals surface area contributed by atoms with Crippen LogP contribution in [0.1, 0.15) is 45.1 Å². The fourth-order valence-electron chi connectivity index (χ4n) is 3.13. The summed E-state index contributed by atoms with van der Waals surface area (Å²) < 4.78 is 0. The summed E-state index contributed by atoms with van der Waals surface area (Å²) in [6.07, 6.45) is 6.92. The average Bonchev–Trinajstić information content (AvgIpc) is 2.62. The molecule has 1 aliphatic rings. The monoisotopic (exact) mass is 202 g/mol. The molecular formula is C15H22. The molecule has 15 heavy (non-hydrogen) atoms. The largest absolute Gasteiger partial charge is 0.0648 e. The maximum absolute atomic E-state index is 2.41. The molecule has 0 saturated heterocycles. The molecule has 2 atom stereocenters. The molecule has 0 bridgehead atoms. The van der Waals surface area contributed by atoms with Crippen LogP contribution in [0.2, 0.25) is 0 Å². The zero-order valence-electron chi connectivity index (χ0n) is 10.00. The fraction of sp³-hybridized carbons (Fsp3) is 0.600. The molecule has 1 aliphatic carbocycles. The van der Waals surface area contributed by atoms with Gasteiger partial charge in [0.25, 0.3) is 0 Å². The van der Waals surface area contributed by atoms with E-state index in [9.17, 15) is 0 Å². The van der Waals surface area contributed by atoms with E-state index >= 15 is 0 Å². The quantitative estimate of drug-likeness (QED) is 0.679. The van der Waals surface area contributed by atoms with Gasteiger partial charge in [-0.05, 0) is 36.2 Å². The second kappa shape index (κ2) is 4.38. The summed E-state index contributed by atoms with van der Waals surface area (Å²) in [5.41, 5.74) is 2.13. The van der Waals surface area contributed by atoms with E-state index in [1.165, 1.54) is 37.7 Å². The number of rotatable bonds is 3. The second-order valence-electron chi connectivity index (χ2n) is 5.36. The van der Waals surface area contributed by atoms with Gasteiger partial charge in [-0.2, -0.15) is 0 Å². The van der Waals surface area contributed by atoms with Gasteiger partial charge in [0.2, 0.25) is 0 Å². The van der Waals surface area contributed by atoms with Gasteiger partial charge in [-0.1, -0.05) is 57.0 Å². The van der Waals surface area contributed by atoms with Crippen molar-refractivity contribution >= 4 is 0 Å². The van der Waals surface area contributed by atoms with Crippen molar-refractivity contribution in [3.05, 3.63) is 35.9 Å². The van der Waals surface area contributed by atoms with Crippen molar-refractivity contribution in [2.75, 3.05) is 0 Å². The highest BCUT2D eigenvalue weighted by Crippen LogP contribution is 2.46. The summed E-state index contributed by atoms with van der Waals surface area (Å²) >= 11 is 0. The molecule has 0 N–H and O–H groups in total. The Bertz CT molecular complexity index is 301. The first kappa shape index (κ1) is 10.7. The minimum atomic E-state index is 0.612. The van der Waals surface area contributed by atoms with Crippen molar-refractivity contribution < 1.29 is 0 Å². The minimum Gasteiger partial charge on any atom is -0.0648 e. The molecule has 0 nitrogen and oxygen atoms in total. The first-order chi connectivity index (χ1) is 7.24. The van der Waals surface area contributed by atoms with Crippen LogP contribution in [0.15, 0.2) is 30.3 Å². The van der Waals surface area contributed by atoms with Crippen molar-refractivity contribution in [3.63, 3.8) is 0 Å². The van der Waals surface area contributed by atoms with Crippen molar-refractivity contribution in [1.82, 2.24) is 0 Å². The normalized spacial score (nSPS) is 30.7. The molecule has 0 amide bonds. The Kier molecular flexibility index (Phi) is 3.14. The highest BCUT2D eigenvalue weighted by Gasteiger charge is 2.35. The number of benzene rings is 1. The highest BCUT2D eigenvalue weighted by atomic mass is 14.4. The Morgan fingerprint density at radius 3 is 2.53 bits per heavy atom. The Morgan fingerprint density at radius 2 is 2.00 bits per heavy atom. The van der Waals surface area contributed by atoms with Crippen LogP contribution in [-0.2, 0) is 6.42 Å².